The fraction of sp³-hybridized carbons (Fsp3) is 0.238. The van der Waals surface area contributed by atoms with E-state index in [1.807, 2.05) is 0 Å². The summed E-state index contributed by atoms with van der Waals surface area (Å²) < 4.78 is -4.24. The first-order chi connectivity index (χ1) is 13.4. The van der Waals surface area contributed by atoms with Crippen LogP contribution < -0.4 is 0 Å². The number of phenols is 2. The molecule has 0 saturated heterocycles. The molecule has 8 heteroatoms. The summed E-state index contributed by atoms with van der Waals surface area (Å²) in [5, 5.41) is 20.3. The van der Waals surface area contributed by atoms with Gasteiger partial charge in [0.25, 0.3) is 0 Å². The summed E-state index contributed by atoms with van der Waals surface area (Å²) in [6.07, 6.45) is 3.95. The molecular weight excluding hydrogens is 497 g/mol. The topological polar surface area (TPSA) is 40.5 Å². The molecule has 0 bridgehead atoms. The molecule has 29 heavy (non-hydrogen) atoms. The number of alkyl halides is 6. The summed E-state index contributed by atoms with van der Waals surface area (Å²) in [4.78, 5) is 0. The molecule has 2 N–H and O–H groups in total. The van der Waals surface area contributed by atoms with Gasteiger partial charge in [0.2, 0.25) is 7.59 Å². The zero-order valence-electron chi connectivity index (χ0n) is 15.1. The minimum Gasteiger partial charge on any atom is -0.508 e. The molecule has 0 unspecified atom stereocenters. The van der Waals surface area contributed by atoms with Gasteiger partial charge in [-0.3, -0.25) is 0 Å². The van der Waals surface area contributed by atoms with Crippen LogP contribution in [0.3, 0.4) is 0 Å². The SMILES string of the molecule is C=CCc1cc(C(c2ccc(O)c(CC=C)c2)(C(Cl)(Cl)Cl)C(Cl)(Cl)Cl)ccc1O. The molecule has 2 aromatic carbocycles. The van der Waals surface area contributed by atoms with E-state index in [0.717, 1.165) is 0 Å². The number of benzene rings is 2. The molecule has 0 fully saturated rings. The van der Waals surface area contributed by atoms with Crippen LogP contribution in [-0.4, -0.2) is 17.8 Å². The lowest BCUT2D eigenvalue weighted by Crippen LogP contribution is -2.51. The quantitative estimate of drug-likeness (QED) is 0.308. The highest BCUT2D eigenvalue weighted by Crippen LogP contribution is 2.62. The monoisotopic (exact) mass is 512 g/mol. The third kappa shape index (κ3) is 4.63. The maximum absolute atomic E-state index is 10.2. The summed E-state index contributed by atoms with van der Waals surface area (Å²) >= 11 is 38.8. The van der Waals surface area contributed by atoms with Gasteiger partial charge in [-0.25, -0.2) is 0 Å². The van der Waals surface area contributed by atoms with Crippen molar-refractivity contribution in [3.05, 3.63) is 84.0 Å². The van der Waals surface area contributed by atoms with Crippen molar-refractivity contribution in [3.8, 4) is 11.5 Å². The third-order valence-electron chi connectivity index (χ3n) is 4.60. The fourth-order valence-electron chi connectivity index (χ4n) is 3.26. The van der Waals surface area contributed by atoms with Crippen LogP contribution >= 0.6 is 69.6 Å². The van der Waals surface area contributed by atoms with E-state index in [1.54, 1.807) is 24.3 Å². The summed E-state index contributed by atoms with van der Waals surface area (Å²) in [7, 11) is 0. The fourth-order valence-corrected chi connectivity index (χ4v) is 5.85. The number of allylic oxidation sites excluding steroid dienone is 2. The van der Waals surface area contributed by atoms with Gasteiger partial charge in [-0.2, -0.15) is 0 Å². The molecule has 0 radical (unpaired) electrons. The van der Waals surface area contributed by atoms with Crippen LogP contribution in [0.5, 0.6) is 11.5 Å². The second-order valence-electron chi connectivity index (χ2n) is 6.42. The van der Waals surface area contributed by atoms with Crippen LogP contribution in [0.25, 0.3) is 0 Å². The summed E-state index contributed by atoms with van der Waals surface area (Å²) in [5.74, 6) is 0.0727. The van der Waals surface area contributed by atoms with E-state index in [4.69, 9.17) is 69.6 Å². The van der Waals surface area contributed by atoms with Gasteiger partial charge in [0.15, 0.2) is 0 Å². The highest BCUT2D eigenvalue weighted by Gasteiger charge is 2.63. The lowest BCUT2D eigenvalue weighted by molar-refractivity contribution is 0.465. The molecule has 2 nitrogen and oxygen atoms in total. The first-order valence-corrected chi connectivity index (χ1v) is 10.7. The van der Waals surface area contributed by atoms with Crippen LogP contribution in [0.2, 0.25) is 0 Å². The summed E-state index contributed by atoms with van der Waals surface area (Å²) in [5.41, 5.74) is -0.00141. The Kier molecular flexibility index (Phi) is 7.76. The number of halogens is 6. The third-order valence-corrected chi connectivity index (χ3v) is 6.30. The van der Waals surface area contributed by atoms with Crippen molar-refractivity contribution in [2.45, 2.75) is 25.8 Å². The molecule has 0 aliphatic rings. The van der Waals surface area contributed by atoms with E-state index in [0.29, 0.717) is 35.1 Å². The van der Waals surface area contributed by atoms with Crippen molar-refractivity contribution in [3.63, 3.8) is 0 Å². The van der Waals surface area contributed by atoms with Gasteiger partial charge in [0.1, 0.15) is 16.9 Å². The molecule has 0 amide bonds. The van der Waals surface area contributed by atoms with Crippen molar-refractivity contribution in [2.75, 3.05) is 0 Å². The second-order valence-corrected chi connectivity index (χ2v) is 11.0. The van der Waals surface area contributed by atoms with Crippen LogP contribution in [0.1, 0.15) is 22.3 Å². The van der Waals surface area contributed by atoms with Crippen molar-refractivity contribution in [1.29, 1.82) is 0 Å². The van der Waals surface area contributed by atoms with Gasteiger partial charge in [-0.05, 0) is 47.2 Å². The van der Waals surface area contributed by atoms with E-state index < -0.39 is 13.0 Å². The van der Waals surface area contributed by atoms with E-state index >= 15 is 0 Å². The van der Waals surface area contributed by atoms with Crippen LogP contribution in [0, 0.1) is 0 Å². The van der Waals surface area contributed by atoms with Crippen molar-refractivity contribution >= 4 is 69.6 Å². The average molecular weight is 515 g/mol. The van der Waals surface area contributed by atoms with Crippen molar-refractivity contribution < 1.29 is 10.2 Å². The zero-order chi connectivity index (χ0) is 22.0. The van der Waals surface area contributed by atoms with Gasteiger partial charge in [-0.15, -0.1) is 13.2 Å². The molecule has 2 rings (SSSR count). The minimum absolute atomic E-state index is 0.0363. The Balaban J connectivity index is 2.95. The highest BCUT2D eigenvalue weighted by molar-refractivity contribution is 6.74. The van der Waals surface area contributed by atoms with Crippen molar-refractivity contribution in [1.82, 2.24) is 0 Å². The molecule has 0 aliphatic carbocycles. The Hall–Kier alpha value is -0.740. The van der Waals surface area contributed by atoms with E-state index in [-0.39, 0.29) is 11.5 Å². The Morgan fingerprint density at radius 2 is 1.03 bits per heavy atom. The Morgan fingerprint density at radius 3 is 1.31 bits per heavy atom. The molecule has 0 heterocycles. The number of hydrogen-bond donors (Lipinski definition) is 2. The van der Waals surface area contributed by atoms with E-state index in [2.05, 4.69) is 13.2 Å². The lowest BCUT2D eigenvalue weighted by atomic mass is 9.75. The zero-order valence-corrected chi connectivity index (χ0v) is 19.6. The first-order valence-electron chi connectivity index (χ1n) is 8.40. The van der Waals surface area contributed by atoms with Gasteiger partial charge < -0.3 is 10.2 Å². The van der Waals surface area contributed by atoms with Crippen LogP contribution in [-0.2, 0) is 18.3 Å². The maximum Gasteiger partial charge on any atom is 0.208 e. The molecule has 156 valence electrons. The molecule has 0 atom stereocenters. The number of aromatic hydroxyl groups is 2. The average Bonchev–Trinajstić information content (AvgIpc) is 2.59. The first kappa shape index (κ1) is 24.5. The Bertz CT molecular complexity index is 837. The van der Waals surface area contributed by atoms with Crippen molar-refractivity contribution in [2.24, 2.45) is 0 Å². The molecular formula is C21H18Cl6O2. The molecule has 0 spiro atoms. The predicted molar refractivity (Wildman–Crippen MR) is 125 cm³/mol. The van der Waals surface area contributed by atoms with E-state index in [1.165, 1.54) is 24.3 Å². The van der Waals surface area contributed by atoms with Gasteiger partial charge >= 0.3 is 0 Å². The second kappa shape index (κ2) is 9.18. The number of hydrogen-bond acceptors (Lipinski definition) is 2. The Morgan fingerprint density at radius 1 is 0.690 bits per heavy atom. The summed E-state index contributed by atoms with van der Waals surface area (Å²) in [6, 6.07) is 9.18. The standard InChI is InChI=1S/C21H18Cl6O2/c1-3-5-13-11-15(7-9-17(13)28)19(20(22,23)24,21(25,26)27)16-8-10-18(29)14(12-16)6-4-2/h3-4,7-12,28-29H,1-2,5-6H2. The van der Waals surface area contributed by atoms with Crippen LogP contribution in [0.4, 0.5) is 0 Å². The largest absolute Gasteiger partial charge is 0.508 e. The molecule has 0 aliphatic heterocycles. The minimum atomic E-state index is -2.12. The van der Waals surface area contributed by atoms with Gasteiger partial charge in [0, 0.05) is 0 Å². The Labute approximate surface area is 200 Å². The molecule has 0 aromatic heterocycles. The van der Waals surface area contributed by atoms with Gasteiger partial charge in [0.05, 0.1) is 0 Å². The summed E-state index contributed by atoms with van der Waals surface area (Å²) in [6.45, 7) is 7.36. The highest BCUT2D eigenvalue weighted by atomic mass is 35.6. The smallest absolute Gasteiger partial charge is 0.208 e. The van der Waals surface area contributed by atoms with E-state index in [9.17, 15) is 10.2 Å². The van der Waals surface area contributed by atoms with Gasteiger partial charge in [-0.1, -0.05) is 106 Å². The predicted octanol–water partition coefficient (Wildman–Crippen LogP) is 7.58. The normalized spacial score (nSPS) is 12.6. The number of phenolic OH excluding ortho intramolecular Hbond substituents is 2. The number of rotatable bonds is 6. The van der Waals surface area contributed by atoms with Crippen LogP contribution in [0.15, 0.2) is 61.7 Å². The molecule has 0 saturated carbocycles. The maximum atomic E-state index is 10.2. The lowest BCUT2D eigenvalue weighted by Gasteiger charge is -2.45. The molecule has 2 aromatic rings.